The van der Waals surface area contributed by atoms with Gasteiger partial charge in [-0.05, 0) is 65.3 Å². The SMILES string of the molecule is Cc1ccc(C(CCN2CCC2)N[S@](=O)C(C)(C)C)nc1. The first-order valence-electron chi connectivity index (χ1n) is 7.69. The van der Waals surface area contributed by atoms with Gasteiger partial charge in [0.2, 0.25) is 0 Å². The molecule has 2 rings (SSSR count). The number of aryl methyl sites for hydroxylation is 1. The molecule has 1 aromatic heterocycles. The largest absolute Gasteiger partial charge is 0.303 e. The summed E-state index contributed by atoms with van der Waals surface area (Å²) in [7, 11) is -1.08. The Kier molecular flexibility index (Phi) is 5.52. The van der Waals surface area contributed by atoms with Gasteiger partial charge in [0, 0.05) is 12.7 Å². The molecule has 1 aliphatic heterocycles. The molecule has 2 heterocycles. The molecule has 2 atom stereocenters. The number of pyridine rings is 1. The van der Waals surface area contributed by atoms with Crippen LogP contribution in [0.25, 0.3) is 0 Å². The van der Waals surface area contributed by atoms with Crippen LogP contribution in [-0.4, -0.2) is 38.5 Å². The van der Waals surface area contributed by atoms with Crippen LogP contribution in [-0.2, 0) is 11.0 Å². The van der Waals surface area contributed by atoms with Crippen LogP contribution in [0.15, 0.2) is 18.3 Å². The summed E-state index contributed by atoms with van der Waals surface area (Å²) >= 11 is 0. The first kappa shape index (κ1) is 16.6. The van der Waals surface area contributed by atoms with E-state index in [4.69, 9.17) is 0 Å². The van der Waals surface area contributed by atoms with Crippen molar-refractivity contribution in [1.82, 2.24) is 14.6 Å². The van der Waals surface area contributed by atoms with E-state index in [9.17, 15) is 4.21 Å². The fraction of sp³-hybridized carbons (Fsp3) is 0.688. The Morgan fingerprint density at radius 2 is 2.10 bits per heavy atom. The minimum Gasteiger partial charge on any atom is -0.303 e. The Morgan fingerprint density at radius 1 is 1.38 bits per heavy atom. The molecule has 0 saturated carbocycles. The summed E-state index contributed by atoms with van der Waals surface area (Å²) in [6.45, 7) is 11.4. The molecule has 0 amide bonds. The quantitative estimate of drug-likeness (QED) is 0.878. The topological polar surface area (TPSA) is 45.2 Å². The monoisotopic (exact) mass is 309 g/mol. The van der Waals surface area contributed by atoms with Crippen LogP contribution in [0.3, 0.4) is 0 Å². The molecule has 0 aliphatic carbocycles. The van der Waals surface area contributed by atoms with Crippen molar-refractivity contribution in [3.8, 4) is 0 Å². The van der Waals surface area contributed by atoms with Gasteiger partial charge < -0.3 is 4.90 Å². The predicted molar refractivity (Wildman–Crippen MR) is 88.4 cm³/mol. The van der Waals surface area contributed by atoms with Gasteiger partial charge in [-0.3, -0.25) is 4.98 Å². The highest BCUT2D eigenvalue weighted by Crippen LogP contribution is 2.20. The Labute approximate surface area is 130 Å². The minimum absolute atomic E-state index is 0.0475. The molecule has 4 nitrogen and oxygen atoms in total. The van der Waals surface area contributed by atoms with Crippen molar-refractivity contribution < 1.29 is 4.21 Å². The van der Waals surface area contributed by atoms with Crippen LogP contribution in [0.5, 0.6) is 0 Å². The summed E-state index contributed by atoms with van der Waals surface area (Å²) in [6.07, 6.45) is 4.13. The van der Waals surface area contributed by atoms with Gasteiger partial charge in [0.1, 0.15) is 0 Å². The summed E-state index contributed by atoms with van der Waals surface area (Å²) in [5.74, 6) is 0. The molecule has 0 bridgehead atoms. The molecule has 1 fully saturated rings. The highest BCUT2D eigenvalue weighted by atomic mass is 32.2. The molecule has 1 aliphatic rings. The Bertz CT molecular complexity index is 477. The number of hydrogen-bond acceptors (Lipinski definition) is 3. The molecule has 5 heteroatoms. The maximum absolute atomic E-state index is 12.4. The fourth-order valence-electron chi connectivity index (χ4n) is 2.18. The maximum atomic E-state index is 12.4. The molecule has 0 aromatic carbocycles. The van der Waals surface area contributed by atoms with Crippen molar-refractivity contribution in [3.05, 3.63) is 29.6 Å². The van der Waals surface area contributed by atoms with Crippen LogP contribution < -0.4 is 4.72 Å². The van der Waals surface area contributed by atoms with Crippen LogP contribution in [0.4, 0.5) is 0 Å². The second kappa shape index (κ2) is 6.99. The molecule has 1 unspecified atom stereocenters. The number of likely N-dealkylation sites (tertiary alicyclic amines) is 1. The van der Waals surface area contributed by atoms with Gasteiger partial charge in [-0.1, -0.05) is 6.07 Å². The van der Waals surface area contributed by atoms with Crippen LogP contribution >= 0.6 is 0 Å². The zero-order valence-corrected chi connectivity index (χ0v) is 14.4. The predicted octanol–water partition coefficient (Wildman–Crippen LogP) is 2.58. The molecule has 1 N–H and O–H groups in total. The lowest BCUT2D eigenvalue weighted by Crippen LogP contribution is -2.41. The van der Waals surface area contributed by atoms with E-state index in [0.29, 0.717) is 0 Å². The zero-order valence-electron chi connectivity index (χ0n) is 13.6. The van der Waals surface area contributed by atoms with E-state index in [1.807, 2.05) is 40.0 Å². The highest BCUT2D eigenvalue weighted by molar-refractivity contribution is 7.84. The summed E-state index contributed by atoms with van der Waals surface area (Å²) in [5, 5.41) is 0. The van der Waals surface area contributed by atoms with Gasteiger partial charge in [0.05, 0.1) is 27.5 Å². The molecule has 1 saturated heterocycles. The Hall–Kier alpha value is -0.780. The third-order valence-electron chi connectivity index (χ3n) is 3.78. The number of nitrogens with zero attached hydrogens (tertiary/aromatic N) is 2. The molecule has 0 spiro atoms. The molecular weight excluding hydrogens is 282 g/mol. The zero-order chi connectivity index (χ0) is 15.5. The lowest BCUT2D eigenvalue weighted by atomic mass is 10.1. The third kappa shape index (κ3) is 4.87. The third-order valence-corrected chi connectivity index (χ3v) is 5.39. The normalized spacial score (nSPS) is 19.0. The van der Waals surface area contributed by atoms with Gasteiger partial charge in [-0.15, -0.1) is 0 Å². The van der Waals surface area contributed by atoms with E-state index in [2.05, 4.69) is 20.7 Å². The van der Waals surface area contributed by atoms with Crippen molar-refractivity contribution in [1.29, 1.82) is 0 Å². The minimum atomic E-state index is -1.08. The fourth-order valence-corrected chi connectivity index (χ4v) is 3.03. The van der Waals surface area contributed by atoms with Crippen molar-refractivity contribution >= 4 is 11.0 Å². The molecular formula is C16H27N3OS. The van der Waals surface area contributed by atoms with E-state index in [1.54, 1.807) is 0 Å². The second-order valence-electron chi connectivity index (χ2n) is 6.80. The van der Waals surface area contributed by atoms with Gasteiger partial charge in [0.25, 0.3) is 0 Å². The first-order valence-corrected chi connectivity index (χ1v) is 8.84. The van der Waals surface area contributed by atoms with E-state index in [-0.39, 0.29) is 10.8 Å². The summed E-state index contributed by atoms with van der Waals surface area (Å²) < 4.78 is 15.4. The summed E-state index contributed by atoms with van der Waals surface area (Å²) in [5.41, 5.74) is 2.14. The lowest BCUT2D eigenvalue weighted by Gasteiger charge is -2.32. The van der Waals surface area contributed by atoms with Gasteiger partial charge in [-0.25, -0.2) is 8.93 Å². The van der Waals surface area contributed by atoms with Gasteiger partial charge >= 0.3 is 0 Å². The number of aromatic nitrogens is 1. The van der Waals surface area contributed by atoms with Crippen molar-refractivity contribution in [2.45, 2.75) is 51.3 Å². The summed E-state index contributed by atoms with van der Waals surface area (Å²) in [4.78, 5) is 6.95. The smallest absolute Gasteiger partial charge is 0.0976 e. The summed E-state index contributed by atoms with van der Waals surface area (Å²) in [6, 6.07) is 4.16. The molecule has 1 aromatic rings. The van der Waals surface area contributed by atoms with Gasteiger partial charge in [0.15, 0.2) is 0 Å². The average molecular weight is 309 g/mol. The first-order chi connectivity index (χ1) is 9.86. The second-order valence-corrected chi connectivity index (χ2v) is 8.79. The standard InChI is InChI=1S/C16H27N3OS/c1-13-6-7-14(17-12-13)15(8-11-19-9-5-10-19)18-21(20)16(2,3)4/h6-7,12,15,18H,5,8-11H2,1-4H3/t15?,21-/m1/s1. The average Bonchev–Trinajstić information content (AvgIpc) is 2.35. The van der Waals surface area contributed by atoms with Crippen molar-refractivity contribution in [2.75, 3.05) is 19.6 Å². The van der Waals surface area contributed by atoms with E-state index < -0.39 is 11.0 Å². The highest BCUT2D eigenvalue weighted by Gasteiger charge is 2.25. The molecule has 118 valence electrons. The number of nitrogens with one attached hydrogen (secondary N) is 1. The van der Waals surface area contributed by atoms with E-state index in [0.717, 1.165) is 24.2 Å². The Morgan fingerprint density at radius 3 is 2.57 bits per heavy atom. The lowest BCUT2D eigenvalue weighted by molar-refractivity contribution is 0.174. The van der Waals surface area contributed by atoms with Crippen LogP contribution in [0.2, 0.25) is 0 Å². The number of hydrogen-bond donors (Lipinski definition) is 1. The van der Waals surface area contributed by atoms with Crippen LogP contribution in [0.1, 0.15) is 50.9 Å². The molecule has 21 heavy (non-hydrogen) atoms. The van der Waals surface area contributed by atoms with Crippen LogP contribution in [0, 0.1) is 6.92 Å². The van der Waals surface area contributed by atoms with Crippen molar-refractivity contribution in [2.24, 2.45) is 0 Å². The Balaban J connectivity index is 2.05. The number of rotatable bonds is 6. The van der Waals surface area contributed by atoms with E-state index in [1.165, 1.54) is 19.5 Å². The van der Waals surface area contributed by atoms with Crippen molar-refractivity contribution in [3.63, 3.8) is 0 Å². The van der Waals surface area contributed by atoms with E-state index >= 15 is 0 Å². The van der Waals surface area contributed by atoms with Gasteiger partial charge in [-0.2, -0.15) is 0 Å². The molecule has 0 radical (unpaired) electrons. The maximum Gasteiger partial charge on any atom is 0.0976 e.